The summed E-state index contributed by atoms with van der Waals surface area (Å²) < 4.78 is 62.7. The standard InChI is InChI=1S/C12H16F3NO5S/c13-12(14,15)22(19,20)21-9-5-3-8(4-6-9)16-7-1-2-10(16)11(17)18/h5,8,10H,1-4,6-7H2,(H,17,18)/t8?,10-/m0/s1. The third kappa shape index (κ3) is 3.54. The number of carboxylic acids is 1. The third-order valence-corrected chi connectivity index (χ3v) is 4.89. The molecule has 0 spiro atoms. The number of aliphatic carboxylic acids is 1. The topological polar surface area (TPSA) is 83.9 Å². The van der Waals surface area contributed by atoms with Crippen LogP contribution in [-0.2, 0) is 19.1 Å². The number of allylic oxidation sites excluding steroid dienone is 1. The highest BCUT2D eigenvalue weighted by Crippen LogP contribution is 2.32. The second-order valence-corrected chi connectivity index (χ2v) is 6.85. The molecule has 1 aliphatic carbocycles. The molecule has 0 amide bonds. The van der Waals surface area contributed by atoms with E-state index in [0.717, 1.165) is 6.42 Å². The molecule has 2 atom stereocenters. The number of nitrogens with zero attached hydrogens (tertiary/aromatic N) is 1. The lowest BCUT2D eigenvalue weighted by Crippen LogP contribution is -2.43. The van der Waals surface area contributed by atoms with Crippen molar-refractivity contribution in [2.45, 2.75) is 49.7 Å². The molecule has 0 aromatic rings. The average Bonchev–Trinajstić information content (AvgIpc) is 2.87. The Hall–Kier alpha value is -1.29. The number of hydrogen-bond donors (Lipinski definition) is 1. The molecular formula is C12H16F3NO5S. The molecule has 10 heteroatoms. The van der Waals surface area contributed by atoms with Gasteiger partial charge in [0.2, 0.25) is 0 Å². The van der Waals surface area contributed by atoms with Gasteiger partial charge in [-0.25, -0.2) is 0 Å². The number of hydrogen-bond acceptors (Lipinski definition) is 5. The predicted octanol–water partition coefficient (Wildman–Crippen LogP) is 1.84. The number of carbonyl (C=O) groups is 1. The molecule has 6 nitrogen and oxygen atoms in total. The van der Waals surface area contributed by atoms with Crippen LogP contribution in [0.1, 0.15) is 32.1 Å². The van der Waals surface area contributed by atoms with Crippen LogP contribution >= 0.6 is 0 Å². The van der Waals surface area contributed by atoms with E-state index < -0.39 is 27.6 Å². The first-order chi connectivity index (χ1) is 10.1. The second kappa shape index (κ2) is 6.07. The molecule has 1 unspecified atom stereocenters. The highest BCUT2D eigenvalue weighted by atomic mass is 32.2. The second-order valence-electron chi connectivity index (χ2n) is 5.32. The molecule has 0 saturated carbocycles. The van der Waals surface area contributed by atoms with E-state index in [1.54, 1.807) is 0 Å². The Balaban J connectivity index is 2.00. The first-order valence-electron chi connectivity index (χ1n) is 6.80. The van der Waals surface area contributed by atoms with Crippen LogP contribution in [0.3, 0.4) is 0 Å². The zero-order chi connectivity index (χ0) is 16.5. The fraction of sp³-hybridized carbons (Fsp3) is 0.750. The molecule has 0 aromatic heterocycles. The minimum atomic E-state index is -5.63. The van der Waals surface area contributed by atoms with Crippen molar-refractivity contribution in [2.24, 2.45) is 0 Å². The first-order valence-corrected chi connectivity index (χ1v) is 8.21. The molecule has 126 valence electrons. The maximum Gasteiger partial charge on any atom is 0.534 e. The molecule has 0 aromatic carbocycles. The summed E-state index contributed by atoms with van der Waals surface area (Å²) in [6, 6.07) is -0.704. The van der Waals surface area contributed by atoms with E-state index in [4.69, 9.17) is 5.11 Å². The first kappa shape index (κ1) is 17.1. The van der Waals surface area contributed by atoms with E-state index in [2.05, 4.69) is 4.18 Å². The van der Waals surface area contributed by atoms with Crippen LogP contribution in [-0.4, -0.2) is 48.5 Å². The van der Waals surface area contributed by atoms with Gasteiger partial charge >= 0.3 is 21.6 Å². The van der Waals surface area contributed by atoms with Crippen LogP contribution in [0.15, 0.2) is 11.8 Å². The van der Waals surface area contributed by atoms with Gasteiger partial charge in [0.05, 0.1) is 0 Å². The third-order valence-electron chi connectivity index (χ3n) is 3.89. The van der Waals surface area contributed by atoms with Gasteiger partial charge in [0.15, 0.2) is 0 Å². The van der Waals surface area contributed by atoms with Gasteiger partial charge in [0.1, 0.15) is 11.8 Å². The molecule has 2 aliphatic rings. The van der Waals surface area contributed by atoms with Crippen LogP contribution in [0, 0.1) is 0 Å². The van der Waals surface area contributed by atoms with E-state index in [9.17, 15) is 26.4 Å². The van der Waals surface area contributed by atoms with Gasteiger partial charge in [-0.05, 0) is 38.3 Å². The van der Waals surface area contributed by atoms with Gasteiger partial charge in [0, 0.05) is 12.5 Å². The SMILES string of the molecule is O=C(O)[C@@H]1CCCN1C1CC=C(OS(=O)(=O)C(F)(F)F)CC1. The van der Waals surface area contributed by atoms with Gasteiger partial charge in [-0.2, -0.15) is 21.6 Å². The van der Waals surface area contributed by atoms with E-state index >= 15 is 0 Å². The zero-order valence-electron chi connectivity index (χ0n) is 11.5. The van der Waals surface area contributed by atoms with Gasteiger partial charge in [-0.1, -0.05) is 0 Å². The van der Waals surface area contributed by atoms with Gasteiger partial charge in [0.25, 0.3) is 0 Å². The van der Waals surface area contributed by atoms with E-state index in [1.165, 1.54) is 6.08 Å². The molecule has 1 fully saturated rings. The molecule has 22 heavy (non-hydrogen) atoms. The molecule has 0 radical (unpaired) electrons. The monoisotopic (exact) mass is 343 g/mol. The van der Waals surface area contributed by atoms with Crippen LogP contribution in [0.2, 0.25) is 0 Å². The Morgan fingerprint density at radius 1 is 1.36 bits per heavy atom. The van der Waals surface area contributed by atoms with Crippen LogP contribution in [0.25, 0.3) is 0 Å². The van der Waals surface area contributed by atoms with E-state index in [0.29, 0.717) is 19.4 Å². The van der Waals surface area contributed by atoms with Crippen LogP contribution in [0.5, 0.6) is 0 Å². The zero-order valence-corrected chi connectivity index (χ0v) is 12.4. The normalized spacial score (nSPS) is 27.5. The summed E-state index contributed by atoms with van der Waals surface area (Å²) in [5.74, 6) is -1.15. The van der Waals surface area contributed by atoms with Crippen molar-refractivity contribution < 1.29 is 35.7 Å². The minimum absolute atomic E-state index is 0.0306. The molecule has 1 N–H and O–H groups in total. The Labute approximate surface area is 125 Å². The number of alkyl halides is 3. The molecule has 1 saturated heterocycles. The highest BCUT2D eigenvalue weighted by Gasteiger charge is 2.49. The Bertz CT molecular complexity index is 572. The summed E-state index contributed by atoms with van der Waals surface area (Å²) in [4.78, 5) is 12.9. The maximum absolute atomic E-state index is 12.2. The fourth-order valence-corrected chi connectivity index (χ4v) is 3.38. The van der Waals surface area contributed by atoms with Crippen molar-refractivity contribution in [1.82, 2.24) is 4.90 Å². The lowest BCUT2D eigenvalue weighted by molar-refractivity contribution is -0.143. The summed E-state index contributed by atoms with van der Waals surface area (Å²) in [7, 11) is -5.63. The fourth-order valence-electron chi connectivity index (χ4n) is 2.85. The number of carboxylic acid groups (broad SMARTS) is 1. The quantitative estimate of drug-likeness (QED) is 0.619. The summed E-state index contributed by atoms with van der Waals surface area (Å²) >= 11 is 0. The van der Waals surface area contributed by atoms with Crippen LogP contribution < -0.4 is 0 Å². The van der Waals surface area contributed by atoms with Crippen molar-refractivity contribution in [1.29, 1.82) is 0 Å². The predicted molar refractivity (Wildman–Crippen MR) is 69.1 cm³/mol. The highest BCUT2D eigenvalue weighted by molar-refractivity contribution is 7.87. The minimum Gasteiger partial charge on any atom is -0.480 e. The smallest absolute Gasteiger partial charge is 0.480 e. The summed E-state index contributed by atoms with van der Waals surface area (Å²) in [6.07, 6.45) is 3.26. The van der Waals surface area contributed by atoms with E-state index in [1.807, 2.05) is 4.90 Å². The summed E-state index contributed by atoms with van der Waals surface area (Å²) in [5, 5.41) is 9.12. The van der Waals surface area contributed by atoms with Crippen molar-refractivity contribution >= 4 is 16.1 Å². The van der Waals surface area contributed by atoms with Gasteiger partial charge < -0.3 is 9.29 Å². The van der Waals surface area contributed by atoms with Crippen LogP contribution in [0.4, 0.5) is 13.2 Å². The number of likely N-dealkylation sites (tertiary alicyclic amines) is 1. The molecule has 1 heterocycles. The van der Waals surface area contributed by atoms with Crippen molar-refractivity contribution in [3.8, 4) is 0 Å². The number of halogens is 3. The number of rotatable bonds is 4. The lowest BCUT2D eigenvalue weighted by Gasteiger charge is -2.33. The van der Waals surface area contributed by atoms with Crippen molar-refractivity contribution in [3.63, 3.8) is 0 Å². The average molecular weight is 343 g/mol. The van der Waals surface area contributed by atoms with Gasteiger partial charge in [-0.3, -0.25) is 9.69 Å². The lowest BCUT2D eigenvalue weighted by atomic mass is 9.98. The summed E-state index contributed by atoms with van der Waals surface area (Å²) in [5.41, 5.74) is -5.45. The molecule has 1 aliphatic heterocycles. The molecular weight excluding hydrogens is 327 g/mol. The molecule has 0 bridgehead atoms. The largest absolute Gasteiger partial charge is 0.534 e. The van der Waals surface area contributed by atoms with Crippen molar-refractivity contribution in [2.75, 3.05) is 6.54 Å². The Kier molecular flexibility index (Phi) is 4.71. The van der Waals surface area contributed by atoms with Gasteiger partial charge in [-0.15, -0.1) is 0 Å². The molecule has 2 rings (SSSR count). The Morgan fingerprint density at radius 3 is 2.55 bits per heavy atom. The maximum atomic E-state index is 12.2. The van der Waals surface area contributed by atoms with Crippen molar-refractivity contribution in [3.05, 3.63) is 11.8 Å². The Morgan fingerprint density at radius 2 is 2.05 bits per heavy atom. The summed E-state index contributed by atoms with van der Waals surface area (Å²) in [6.45, 7) is 0.618. The van der Waals surface area contributed by atoms with E-state index in [-0.39, 0.29) is 24.6 Å².